The van der Waals surface area contributed by atoms with E-state index in [1.54, 1.807) is 33.0 Å². The molecule has 2 heterocycles. The summed E-state index contributed by atoms with van der Waals surface area (Å²) in [5.74, 6) is 1.34. The van der Waals surface area contributed by atoms with Crippen molar-refractivity contribution < 1.29 is 24.0 Å². The van der Waals surface area contributed by atoms with Crippen molar-refractivity contribution in [3.8, 4) is 11.5 Å². The topological polar surface area (TPSA) is 72.3 Å². The fourth-order valence-corrected chi connectivity index (χ4v) is 4.78. The number of ether oxygens (including phenoxy) is 2. The van der Waals surface area contributed by atoms with Crippen molar-refractivity contribution in [2.45, 2.75) is 38.3 Å². The number of benzene rings is 2. The van der Waals surface area contributed by atoms with Crippen LogP contribution in [0.25, 0.3) is 0 Å². The molecule has 1 unspecified atom stereocenters. The van der Waals surface area contributed by atoms with Crippen molar-refractivity contribution >= 4 is 23.2 Å². The summed E-state index contributed by atoms with van der Waals surface area (Å²) < 4.78 is 11.0. The number of carbonyl (C=O) groups excluding carboxylic acids is 2. The molecule has 0 bridgehead atoms. The highest BCUT2D eigenvalue weighted by molar-refractivity contribution is 6.14. The molecule has 0 spiro atoms. The molecule has 2 aliphatic rings. The number of nitrogens with zero attached hydrogens (tertiary/aromatic N) is 1. The Labute approximate surface area is 182 Å². The van der Waals surface area contributed by atoms with Gasteiger partial charge < -0.3 is 19.7 Å². The van der Waals surface area contributed by atoms with E-state index in [4.69, 9.17) is 9.47 Å². The van der Waals surface area contributed by atoms with Crippen LogP contribution < -0.4 is 24.6 Å². The van der Waals surface area contributed by atoms with Crippen LogP contribution in [0.1, 0.15) is 38.3 Å². The highest BCUT2D eigenvalue weighted by Gasteiger charge is 2.45. The standard InChI is InChI=1S/C24H29N3O4/c1-24(2)23(29)25-18-8-5-6-9-20(18)27(24)22(28)15-26-13-7-10-19(26)17-14-16(30-3)11-12-21(17)31-4/h5-6,8-9,11-12,14,19H,7,10,13,15H2,1-4H3,(H,25,29)/p+1/t19-/m0/s1. The molecule has 164 valence electrons. The van der Waals surface area contributed by atoms with E-state index in [9.17, 15) is 9.59 Å². The van der Waals surface area contributed by atoms with Crippen LogP contribution in [0, 0.1) is 0 Å². The minimum atomic E-state index is -0.965. The summed E-state index contributed by atoms with van der Waals surface area (Å²) >= 11 is 0. The van der Waals surface area contributed by atoms with Crippen LogP contribution in [0.5, 0.6) is 11.5 Å². The van der Waals surface area contributed by atoms with Crippen molar-refractivity contribution in [2.24, 2.45) is 0 Å². The first-order valence-corrected chi connectivity index (χ1v) is 10.7. The molecule has 0 aromatic heterocycles. The lowest BCUT2D eigenvalue weighted by Gasteiger charge is -2.42. The Kier molecular flexibility index (Phi) is 5.62. The van der Waals surface area contributed by atoms with E-state index in [1.807, 2.05) is 42.5 Å². The first kappa shape index (κ1) is 21.2. The van der Waals surface area contributed by atoms with Gasteiger partial charge in [-0.2, -0.15) is 0 Å². The van der Waals surface area contributed by atoms with Gasteiger partial charge >= 0.3 is 0 Å². The van der Waals surface area contributed by atoms with Gasteiger partial charge in [0.2, 0.25) is 5.91 Å². The molecule has 1 saturated heterocycles. The second-order valence-corrected chi connectivity index (χ2v) is 8.65. The minimum Gasteiger partial charge on any atom is -0.497 e. The number of fused-ring (bicyclic) bond motifs is 1. The van der Waals surface area contributed by atoms with Crippen molar-refractivity contribution in [3.63, 3.8) is 0 Å². The second kappa shape index (κ2) is 8.23. The molecule has 1 fully saturated rings. The van der Waals surface area contributed by atoms with E-state index in [-0.39, 0.29) is 17.9 Å². The molecule has 2 aromatic carbocycles. The normalized spacial score (nSPS) is 21.9. The zero-order valence-electron chi connectivity index (χ0n) is 18.5. The molecule has 4 rings (SSSR count). The Bertz CT molecular complexity index is 1000. The summed E-state index contributed by atoms with van der Waals surface area (Å²) in [6.45, 7) is 4.77. The summed E-state index contributed by atoms with van der Waals surface area (Å²) in [6, 6.07) is 13.4. The zero-order chi connectivity index (χ0) is 22.2. The molecule has 7 heteroatoms. The Morgan fingerprint density at radius 1 is 1.19 bits per heavy atom. The molecule has 2 amide bonds. The molecule has 31 heavy (non-hydrogen) atoms. The SMILES string of the molecule is COc1ccc(OC)c([C@@H]2CCC[NH+]2CC(=O)N2c3ccccc3NC(=O)C2(C)C)c1. The molecule has 2 N–H and O–H groups in total. The maximum Gasteiger partial charge on any atom is 0.283 e. The molecule has 2 aromatic rings. The predicted octanol–water partition coefficient (Wildman–Crippen LogP) is 2.19. The summed E-state index contributed by atoms with van der Waals surface area (Å²) in [4.78, 5) is 29.2. The highest BCUT2D eigenvalue weighted by atomic mass is 16.5. The lowest BCUT2D eigenvalue weighted by Crippen LogP contribution is -3.11. The largest absolute Gasteiger partial charge is 0.497 e. The van der Waals surface area contributed by atoms with Crippen LogP contribution in [0.4, 0.5) is 11.4 Å². The third kappa shape index (κ3) is 3.74. The molecule has 0 saturated carbocycles. The molecule has 2 aliphatic heterocycles. The van der Waals surface area contributed by atoms with Crippen molar-refractivity contribution in [3.05, 3.63) is 48.0 Å². The molecule has 7 nitrogen and oxygen atoms in total. The second-order valence-electron chi connectivity index (χ2n) is 8.65. The summed E-state index contributed by atoms with van der Waals surface area (Å²) in [5.41, 5.74) is 1.50. The number of hydrogen-bond donors (Lipinski definition) is 2. The molecule has 0 radical (unpaired) electrons. The van der Waals surface area contributed by atoms with Gasteiger partial charge in [-0.1, -0.05) is 12.1 Å². The summed E-state index contributed by atoms with van der Waals surface area (Å²) in [7, 11) is 3.31. The van der Waals surface area contributed by atoms with Gasteiger partial charge in [0.05, 0.1) is 37.7 Å². The fourth-order valence-electron chi connectivity index (χ4n) is 4.78. The van der Waals surface area contributed by atoms with Crippen LogP contribution in [0.3, 0.4) is 0 Å². The Balaban J connectivity index is 1.63. The van der Waals surface area contributed by atoms with Gasteiger partial charge in [0.15, 0.2) is 6.54 Å². The first-order chi connectivity index (χ1) is 14.9. The van der Waals surface area contributed by atoms with E-state index in [2.05, 4.69) is 5.32 Å². The smallest absolute Gasteiger partial charge is 0.283 e. The van der Waals surface area contributed by atoms with E-state index in [1.165, 1.54) is 4.90 Å². The Morgan fingerprint density at radius 2 is 1.97 bits per heavy atom. The number of hydrogen-bond acceptors (Lipinski definition) is 4. The average molecular weight is 425 g/mol. The maximum atomic E-state index is 13.6. The van der Waals surface area contributed by atoms with Crippen molar-refractivity contribution in [1.82, 2.24) is 0 Å². The molecular weight excluding hydrogens is 394 g/mol. The number of nitrogens with one attached hydrogen (secondary N) is 2. The zero-order valence-corrected chi connectivity index (χ0v) is 18.5. The van der Waals surface area contributed by atoms with Gasteiger partial charge in [-0.25, -0.2) is 0 Å². The fraction of sp³-hybridized carbons (Fsp3) is 0.417. The molecule has 2 atom stereocenters. The van der Waals surface area contributed by atoms with Gasteiger partial charge in [0.25, 0.3) is 5.91 Å². The highest BCUT2D eigenvalue weighted by Crippen LogP contribution is 2.37. The van der Waals surface area contributed by atoms with E-state index in [0.717, 1.165) is 42.1 Å². The Hall–Kier alpha value is -3.06. The summed E-state index contributed by atoms with van der Waals surface area (Å²) in [5, 5.41) is 2.92. The number of methoxy groups -OCH3 is 2. The van der Waals surface area contributed by atoms with E-state index in [0.29, 0.717) is 12.2 Å². The number of anilines is 2. The number of carbonyl (C=O) groups is 2. The number of para-hydroxylation sites is 2. The van der Waals surface area contributed by atoms with Crippen molar-refractivity contribution in [2.75, 3.05) is 37.5 Å². The van der Waals surface area contributed by atoms with Crippen LogP contribution in [0.2, 0.25) is 0 Å². The lowest BCUT2D eigenvalue weighted by atomic mass is 9.96. The van der Waals surface area contributed by atoms with E-state index >= 15 is 0 Å². The number of likely N-dealkylation sites (tertiary alicyclic amines) is 1. The third-order valence-corrected chi connectivity index (χ3v) is 6.43. The maximum absolute atomic E-state index is 13.6. The number of amides is 2. The quantitative estimate of drug-likeness (QED) is 0.772. The van der Waals surface area contributed by atoms with Gasteiger partial charge in [-0.05, 0) is 44.2 Å². The average Bonchev–Trinajstić information content (AvgIpc) is 3.21. The Morgan fingerprint density at radius 3 is 2.71 bits per heavy atom. The van der Waals surface area contributed by atoms with Crippen LogP contribution in [0.15, 0.2) is 42.5 Å². The van der Waals surface area contributed by atoms with Gasteiger partial charge in [0, 0.05) is 12.8 Å². The first-order valence-electron chi connectivity index (χ1n) is 10.7. The molecular formula is C24H30N3O4+. The van der Waals surface area contributed by atoms with E-state index < -0.39 is 5.54 Å². The van der Waals surface area contributed by atoms with Crippen LogP contribution in [-0.2, 0) is 9.59 Å². The monoisotopic (exact) mass is 424 g/mol. The number of rotatable bonds is 5. The van der Waals surface area contributed by atoms with Gasteiger partial charge in [0.1, 0.15) is 23.1 Å². The minimum absolute atomic E-state index is 0.0592. The van der Waals surface area contributed by atoms with Crippen molar-refractivity contribution in [1.29, 1.82) is 0 Å². The van der Waals surface area contributed by atoms with Gasteiger partial charge in [-0.3, -0.25) is 14.5 Å². The summed E-state index contributed by atoms with van der Waals surface area (Å²) in [6.07, 6.45) is 1.99. The molecule has 0 aliphatic carbocycles. The number of quaternary nitrogens is 1. The van der Waals surface area contributed by atoms with Gasteiger partial charge in [-0.15, -0.1) is 0 Å². The predicted molar refractivity (Wildman–Crippen MR) is 119 cm³/mol. The van der Waals surface area contributed by atoms with Crippen LogP contribution >= 0.6 is 0 Å². The third-order valence-electron chi connectivity index (χ3n) is 6.43. The lowest BCUT2D eigenvalue weighted by molar-refractivity contribution is -0.910. The van der Waals surface area contributed by atoms with Crippen LogP contribution in [-0.4, -0.2) is 44.7 Å².